The zero-order chi connectivity index (χ0) is 24.6. The number of hydrogen-bond acceptors (Lipinski definition) is 15. The third-order valence-corrected chi connectivity index (χ3v) is 5.67. The highest BCUT2D eigenvalue weighted by molar-refractivity contribution is 5.73. The van der Waals surface area contributed by atoms with Crippen LogP contribution in [0.5, 0.6) is 0 Å². The minimum atomic E-state index is -2.12. The van der Waals surface area contributed by atoms with E-state index in [4.69, 9.17) is 23.7 Å². The maximum atomic E-state index is 11.4. The zero-order valence-corrected chi connectivity index (χ0v) is 16.9. The maximum absolute atomic E-state index is 11.4. The number of rotatable bonds is 6. The highest BCUT2D eigenvalue weighted by Gasteiger charge is 2.54. The molecule has 0 unspecified atom stereocenters. The van der Waals surface area contributed by atoms with Crippen molar-refractivity contribution in [2.75, 3.05) is 13.2 Å². The molecule has 3 rings (SSSR count). The Labute approximate surface area is 185 Å². The summed E-state index contributed by atoms with van der Waals surface area (Å²) in [5.41, 5.74) is 0. The van der Waals surface area contributed by atoms with E-state index in [0.29, 0.717) is 0 Å². The molecule has 0 spiro atoms. The first-order valence-electron chi connectivity index (χ1n) is 9.99. The smallest absolute Gasteiger partial charge is 0.335 e. The third-order valence-electron chi connectivity index (χ3n) is 5.67. The first-order chi connectivity index (χ1) is 15.5. The van der Waals surface area contributed by atoms with Crippen LogP contribution >= 0.6 is 0 Å². The average Bonchev–Trinajstić information content (AvgIpc) is 2.77. The summed E-state index contributed by atoms with van der Waals surface area (Å²) in [6.07, 6.45) is -25.3. The van der Waals surface area contributed by atoms with Gasteiger partial charge in [-0.3, -0.25) is 0 Å². The third kappa shape index (κ3) is 5.29. The molecule has 3 aliphatic heterocycles. The Morgan fingerprint density at radius 3 is 1.97 bits per heavy atom. The molecular weight excluding hydrogens is 460 g/mol. The van der Waals surface area contributed by atoms with Crippen molar-refractivity contribution in [3.63, 3.8) is 0 Å². The van der Waals surface area contributed by atoms with Crippen molar-refractivity contribution < 1.29 is 79.5 Å². The number of ether oxygens (including phenoxy) is 5. The number of carbonyl (C=O) groups is 1. The van der Waals surface area contributed by atoms with E-state index in [2.05, 4.69) is 0 Å². The largest absolute Gasteiger partial charge is 0.479 e. The van der Waals surface area contributed by atoms with Crippen LogP contribution in [-0.4, -0.2) is 156 Å². The molecule has 16 nitrogen and oxygen atoms in total. The summed E-state index contributed by atoms with van der Waals surface area (Å²) in [4.78, 5) is 11.4. The van der Waals surface area contributed by atoms with Crippen LogP contribution in [0, 0.1) is 0 Å². The molecule has 0 aliphatic carbocycles. The highest BCUT2D eigenvalue weighted by atomic mass is 16.8. The average molecular weight is 488 g/mol. The van der Waals surface area contributed by atoms with Crippen molar-refractivity contribution >= 4 is 5.97 Å². The quantitative estimate of drug-likeness (QED) is 0.166. The van der Waals surface area contributed by atoms with Crippen LogP contribution in [0.4, 0.5) is 0 Å². The topological polar surface area (TPSA) is 266 Å². The van der Waals surface area contributed by atoms with Gasteiger partial charge in [0.2, 0.25) is 0 Å². The molecule has 192 valence electrons. The molecule has 3 fully saturated rings. The molecule has 0 aromatic heterocycles. The van der Waals surface area contributed by atoms with Crippen LogP contribution < -0.4 is 0 Å². The molecule has 0 amide bonds. The lowest BCUT2D eigenvalue weighted by molar-refractivity contribution is -0.379. The fraction of sp³-hybridized carbons (Fsp3) is 0.941. The van der Waals surface area contributed by atoms with Crippen molar-refractivity contribution in [2.45, 2.75) is 86.0 Å². The molecule has 16 heteroatoms. The zero-order valence-electron chi connectivity index (χ0n) is 16.9. The summed E-state index contributed by atoms with van der Waals surface area (Å²) < 4.78 is 25.9. The van der Waals surface area contributed by atoms with Crippen molar-refractivity contribution in [1.29, 1.82) is 0 Å². The lowest BCUT2D eigenvalue weighted by atomic mass is 9.96. The molecule has 0 bridgehead atoms. The first-order valence-corrected chi connectivity index (χ1v) is 9.99. The number of aliphatic hydroxyl groups excluding tert-OH is 9. The summed E-state index contributed by atoms with van der Waals surface area (Å²) >= 11 is 0. The lowest BCUT2D eigenvalue weighted by Gasteiger charge is -2.47. The Morgan fingerprint density at radius 1 is 0.758 bits per heavy atom. The van der Waals surface area contributed by atoms with Crippen molar-refractivity contribution in [2.24, 2.45) is 0 Å². The predicted octanol–water partition coefficient (Wildman–Crippen LogP) is -6.84. The molecule has 14 atom stereocenters. The second kappa shape index (κ2) is 10.7. The van der Waals surface area contributed by atoms with Gasteiger partial charge < -0.3 is 74.7 Å². The van der Waals surface area contributed by atoms with E-state index in [-0.39, 0.29) is 0 Å². The van der Waals surface area contributed by atoms with E-state index in [9.17, 15) is 55.9 Å². The van der Waals surface area contributed by atoms with Gasteiger partial charge in [-0.05, 0) is 0 Å². The number of hydrogen-bond donors (Lipinski definition) is 10. The second-order valence-electron chi connectivity index (χ2n) is 7.93. The van der Waals surface area contributed by atoms with Crippen LogP contribution in [0.1, 0.15) is 0 Å². The van der Waals surface area contributed by atoms with E-state index in [0.717, 1.165) is 0 Å². The Hall–Kier alpha value is -1.09. The van der Waals surface area contributed by atoms with Crippen LogP contribution in [0.15, 0.2) is 0 Å². The number of aliphatic hydroxyl groups is 9. The lowest BCUT2D eigenvalue weighted by Crippen LogP contribution is -2.66. The van der Waals surface area contributed by atoms with Crippen LogP contribution in [0.2, 0.25) is 0 Å². The summed E-state index contributed by atoms with van der Waals surface area (Å²) in [7, 11) is 0. The molecule has 0 aromatic carbocycles. The van der Waals surface area contributed by atoms with Gasteiger partial charge in [-0.25, -0.2) is 4.79 Å². The molecular formula is C17H28O16. The van der Waals surface area contributed by atoms with E-state index in [1.165, 1.54) is 0 Å². The van der Waals surface area contributed by atoms with Crippen LogP contribution in [0.3, 0.4) is 0 Å². The van der Waals surface area contributed by atoms with Crippen molar-refractivity contribution in [3.8, 4) is 0 Å². The Bertz CT molecular complexity index is 663. The van der Waals surface area contributed by atoms with Crippen LogP contribution in [0.25, 0.3) is 0 Å². The Morgan fingerprint density at radius 2 is 1.36 bits per heavy atom. The summed E-state index contributed by atoms with van der Waals surface area (Å²) in [5.74, 6) is -1.69. The Kier molecular flexibility index (Phi) is 8.57. The maximum Gasteiger partial charge on any atom is 0.335 e. The summed E-state index contributed by atoms with van der Waals surface area (Å²) in [6, 6.07) is 0. The number of aliphatic carboxylic acids is 1. The van der Waals surface area contributed by atoms with Gasteiger partial charge in [0.1, 0.15) is 61.0 Å². The van der Waals surface area contributed by atoms with Gasteiger partial charge in [-0.15, -0.1) is 0 Å². The minimum absolute atomic E-state index is 0.495. The fourth-order valence-corrected chi connectivity index (χ4v) is 3.73. The molecule has 10 N–H and O–H groups in total. The highest BCUT2D eigenvalue weighted by Crippen LogP contribution is 2.32. The molecule has 3 saturated heterocycles. The van der Waals surface area contributed by atoms with E-state index in [1.807, 2.05) is 0 Å². The van der Waals surface area contributed by atoms with E-state index < -0.39 is 105 Å². The number of carboxylic acids is 1. The van der Waals surface area contributed by atoms with E-state index in [1.54, 1.807) is 0 Å². The van der Waals surface area contributed by atoms with Gasteiger partial charge in [0.25, 0.3) is 0 Å². The monoisotopic (exact) mass is 488 g/mol. The van der Waals surface area contributed by atoms with Gasteiger partial charge >= 0.3 is 5.97 Å². The van der Waals surface area contributed by atoms with Crippen molar-refractivity contribution in [1.82, 2.24) is 0 Å². The van der Waals surface area contributed by atoms with Gasteiger partial charge in [-0.1, -0.05) is 0 Å². The second-order valence-corrected chi connectivity index (χ2v) is 7.93. The van der Waals surface area contributed by atoms with Gasteiger partial charge in [0.05, 0.1) is 13.2 Å². The first kappa shape index (κ1) is 26.5. The molecule has 0 aromatic rings. The molecule has 3 aliphatic rings. The molecule has 3 heterocycles. The normalized spacial score (nSPS) is 51.3. The fourth-order valence-electron chi connectivity index (χ4n) is 3.73. The van der Waals surface area contributed by atoms with Gasteiger partial charge in [0.15, 0.2) is 25.0 Å². The molecule has 0 radical (unpaired) electrons. The van der Waals surface area contributed by atoms with Gasteiger partial charge in [0, 0.05) is 0 Å². The predicted molar refractivity (Wildman–Crippen MR) is 95.8 cm³/mol. The number of carboxylic acid groups (broad SMARTS) is 1. The van der Waals surface area contributed by atoms with E-state index >= 15 is 0 Å². The summed E-state index contributed by atoms with van der Waals surface area (Å²) in [5, 5.41) is 98.8. The van der Waals surface area contributed by atoms with Crippen molar-refractivity contribution in [3.05, 3.63) is 0 Å². The minimum Gasteiger partial charge on any atom is -0.479 e. The SMILES string of the molecule is O=C(O)[C@H]1O[C@@H](O)[C@H](O[C@@H]2O[C@H](CO)[C@H](O)[C@H](O)[C@H]2O)[C@@H](O[C@H]2OC[C@H](O)[C@H](O)[C@H]2O)[C@@H]1O. The van der Waals surface area contributed by atoms with Crippen LogP contribution in [-0.2, 0) is 28.5 Å². The standard InChI is InChI=1S/C17H28O16/c18-1-4-6(21)7(22)9(24)17(30-4)33-13-11(10(25)12(14(26)27)31-15(13)28)32-16-8(23)5(20)3(19)2-29-16/h3-13,15-25,28H,1-2H2,(H,26,27)/t3-,4+,5-,6-,7-,8+,9+,10-,11-,12-,13+,15+,16+,17-/m0/s1. The molecule has 0 saturated carbocycles. The molecule has 33 heavy (non-hydrogen) atoms. The Balaban J connectivity index is 1.83. The van der Waals surface area contributed by atoms with Gasteiger partial charge in [-0.2, -0.15) is 0 Å². The summed E-state index contributed by atoms with van der Waals surface area (Å²) in [6.45, 7) is -1.29.